The molecule has 2 aromatic carbocycles. The molecule has 0 radical (unpaired) electrons. The lowest BCUT2D eigenvalue weighted by Crippen LogP contribution is -2.43. The number of hydrogen-bond acceptors (Lipinski definition) is 2. The number of halogens is 1. The van der Waals surface area contributed by atoms with Crippen LogP contribution in [0.3, 0.4) is 0 Å². The summed E-state index contributed by atoms with van der Waals surface area (Å²) in [5.41, 5.74) is 1.43. The Morgan fingerprint density at radius 2 is 1.63 bits per heavy atom. The third-order valence-electron chi connectivity index (χ3n) is 3.95. The zero-order valence-electron chi connectivity index (χ0n) is 11.3. The van der Waals surface area contributed by atoms with E-state index in [0.29, 0.717) is 0 Å². The Balaban J connectivity index is 1.87. The normalized spacial score (nSPS) is 18.0. The average molecular weight is 319 g/mol. The first-order valence-corrected chi connectivity index (χ1v) is 7.60. The Morgan fingerprint density at radius 1 is 0.947 bits per heavy atom. The fourth-order valence-electron chi connectivity index (χ4n) is 2.71. The van der Waals surface area contributed by atoms with Gasteiger partial charge in [-0.15, -0.1) is 0 Å². The molecule has 0 bridgehead atoms. The van der Waals surface area contributed by atoms with Gasteiger partial charge in [0, 0.05) is 37.2 Å². The van der Waals surface area contributed by atoms with Gasteiger partial charge in [0.15, 0.2) is 0 Å². The number of benzene rings is 2. The van der Waals surface area contributed by atoms with E-state index in [9.17, 15) is 0 Å². The predicted octanol–water partition coefficient (Wildman–Crippen LogP) is 3.35. The van der Waals surface area contributed by atoms with Crippen LogP contribution in [-0.2, 0) is 6.54 Å². The molecule has 0 spiro atoms. The van der Waals surface area contributed by atoms with Crippen LogP contribution in [0.25, 0.3) is 10.8 Å². The predicted molar refractivity (Wildman–Crippen MR) is 84.4 cm³/mol. The van der Waals surface area contributed by atoms with Gasteiger partial charge in [0.05, 0.1) is 0 Å². The first kappa shape index (κ1) is 13.1. The summed E-state index contributed by atoms with van der Waals surface area (Å²) in [6, 6.07) is 13.1. The summed E-state index contributed by atoms with van der Waals surface area (Å²) in [7, 11) is 2.20. The maximum atomic E-state index is 3.64. The molecule has 1 saturated heterocycles. The summed E-state index contributed by atoms with van der Waals surface area (Å²) in [5.74, 6) is 0. The third kappa shape index (κ3) is 2.83. The molecule has 19 heavy (non-hydrogen) atoms. The minimum absolute atomic E-state index is 1.06. The first-order valence-electron chi connectivity index (χ1n) is 6.81. The Kier molecular flexibility index (Phi) is 3.87. The first-order chi connectivity index (χ1) is 9.24. The quantitative estimate of drug-likeness (QED) is 0.838. The van der Waals surface area contributed by atoms with E-state index in [1.54, 1.807) is 0 Å². The number of nitrogens with zero attached hydrogens (tertiary/aromatic N) is 2. The van der Waals surface area contributed by atoms with Gasteiger partial charge in [0.2, 0.25) is 0 Å². The van der Waals surface area contributed by atoms with Crippen molar-refractivity contribution in [3.8, 4) is 0 Å². The van der Waals surface area contributed by atoms with Crippen molar-refractivity contribution in [1.29, 1.82) is 0 Å². The number of likely N-dealkylation sites (N-methyl/N-ethyl adjacent to an activating group) is 1. The number of piperazine rings is 1. The Morgan fingerprint density at radius 3 is 2.37 bits per heavy atom. The lowest BCUT2D eigenvalue weighted by molar-refractivity contribution is 0.148. The Hall–Kier alpha value is -0.900. The van der Waals surface area contributed by atoms with Crippen LogP contribution >= 0.6 is 15.9 Å². The van der Waals surface area contributed by atoms with Crippen molar-refractivity contribution in [3.63, 3.8) is 0 Å². The van der Waals surface area contributed by atoms with E-state index in [1.807, 2.05) is 0 Å². The molecule has 1 heterocycles. The molecule has 100 valence electrons. The van der Waals surface area contributed by atoms with Crippen molar-refractivity contribution in [2.24, 2.45) is 0 Å². The van der Waals surface area contributed by atoms with Crippen molar-refractivity contribution in [3.05, 3.63) is 46.4 Å². The highest BCUT2D eigenvalue weighted by Crippen LogP contribution is 2.27. The van der Waals surface area contributed by atoms with Gasteiger partial charge in [-0.3, -0.25) is 4.90 Å². The molecule has 2 nitrogen and oxygen atoms in total. The van der Waals surface area contributed by atoms with Crippen LogP contribution < -0.4 is 0 Å². The van der Waals surface area contributed by atoms with Crippen LogP contribution in [0.2, 0.25) is 0 Å². The molecule has 0 amide bonds. The van der Waals surface area contributed by atoms with E-state index in [0.717, 1.165) is 6.54 Å². The van der Waals surface area contributed by atoms with Crippen LogP contribution in [0.1, 0.15) is 5.56 Å². The molecule has 0 aliphatic carbocycles. The molecular formula is C16H19BrN2. The number of rotatable bonds is 2. The van der Waals surface area contributed by atoms with Crippen LogP contribution in [0, 0.1) is 0 Å². The standard InChI is InChI=1S/C16H19BrN2/c1-18-8-10-19(11-9-18)12-13-6-7-16(17)15-5-3-2-4-14(13)15/h2-7H,8-12H2,1H3. The van der Waals surface area contributed by atoms with E-state index >= 15 is 0 Å². The van der Waals surface area contributed by atoms with Gasteiger partial charge in [0.25, 0.3) is 0 Å². The van der Waals surface area contributed by atoms with Gasteiger partial charge in [-0.05, 0) is 29.4 Å². The van der Waals surface area contributed by atoms with Crippen LogP contribution in [0.5, 0.6) is 0 Å². The lowest BCUT2D eigenvalue weighted by Gasteiger charge is -2.32. The molecule has 0 atom stereocenters. The molecule has 2 aromatic rings. The SMILES string of the molecule is CN1CCN(Cc2ccc(Br)c3ccccc23)CC1. The summed E-state index contributed by atoms with van der Waals surface area (Å²) in [6.07, 6.45) is 0. The third-order valence-corrected chi connectivity index (χ3v) is 4.64. The number of fused-ring (bicyclic) bond motifs is 1. The average Bonchev–Trinajstić information content (AvgIpc) is 2.45. The maximum Gasteiger partial charge on any atom is 0.0253 e. The molecule has 0 N–H and O–H groups in total. The molecule has 1 fully saturated rings. The van der Waals surface area contributed by atoms with Gasteiger partial charge in [-0.2, -0.15) is 0 Å². The second-order valence-corrected chi connectivity index (χ2v) is 6.19. The molecule has 0 saturated carbocycles. The molecular weight excluding hydrogens is 300 g/mol. The van der Waals surface area contributed by atoms with E-state index in [4.69, 9.17) is 0 Å². The van der Waals surface area contributed by atoms with E-state index in [2.05, 4.69) is 69.2 Å². The Bertz CT molecular complexity index is 574. The lowest BCUT2D eigenvalue weighted by atomic mass is 10.0. The van der Waals surface area contributed by atoms with E-state index in [-0.39, 0.29) is 0 Å². The zero-order chi connectivity index (χ0) is 13.2. The van der Waals surface area contributed by atoms with E-state index in [1.165, 1.54) is 47.0 Å². The monoisotopic (exact) mass is 318 g/mol. The highest BCUT2D eigenvalue weighted by Gasteiger charge is 2.15. The van der Waals surface area contributed by atoms with Crippen molar-refractivity contribution < 1.29 is 0 Å². The van der Waals surface area contributed by atoms with Gasteiger partial charge in [0.1, 0.15) is 0 Å². The van der Waals surface area contributed by atoms with Crippen LogP contribution in [-0.4, -0.2) is 43.0 Å². The van der Waals surface area contributed by atoms with Gasteiger partial charge < -0.3 is 4.90 Å². The zero-order valence-corrected chi connectivity index (χ0v) is 12.9. The van der Waals surface area contributed by atoms with Crippen molar-refractivity contribution >= 4 is 26.7 Å². The molecule has 1 aliphatic rings. The number of hydrogen-bond donors (Lipinski definition) is 0. The summed E-state index contributed by atoms with van der Waals surface area (Å²) in [6.45, 7) is 5.74. The van der Waals surface area contributed by atoms with Gasteiger partial charge >= 0.3 is 0 Å². The second kappa shape index (κ2) is 5.61. The summed E-state index contributed by atoms with van der Waals surface area (Å²) >= 11 is 3.64. The van der Waals surface area contributed by atoms with Crippen LogP contribution in [0.4, 0.5) is 0 Å². The van der Waals surface area contributed by atoms with Crippen molar-refractivity contribution in [1.82, 2.24) is 9.80 Å². The smallest absolute Gasteiger partial charge is 0.0253 e. The topological polar surface area (TPSA) is 6.48 Å². The fraction of sp³-hybridized carbons (Fsp3) is 0.375. The molecule has 0 unspecified atom stereocenters. The summed E-state index contributed by atoms with van der Waals surface area (Å²) in [5, 5.41) is 2.69. The second-order valence-electron chi connectivity index (χ2n) is 5.33. The highest BCUT2D eigenvalue weighted by atomic mass is 79.9. The molecule has 3 rings (SSSR count). The van der Waals surface area contributed by atoms with Crippen molar-refractivity contribution in [2.45, 2.75) is 6.54 Å². The van der Waals surface area contributed by atoms with Crippen molar-refractivity contribution in [2.75, 3.05) is 33.2 Å². The molecule has 3 heteroatoms. The largest absolute Gasteiger partial charge is 0.304 e. The molecule has 0 aromatic heterocycles. The fourth-order valence-corrected chi connectivity index (χ4v) is 3.19. The van der Waals surface area contributed by atoms with Gasteiger partial charge in [-0.25, -0.2) is 0 Å². The van der Waals surface area contributed by atoms with Gasteiger partial charge in [-0.1, -0.05) is 46.3 Å². The van der Waals surface area contributed by atoms with E-state index < -0.39 is 0 Å². The highest BCUT2D eigenvalue weighted by molar-refractivity contribution is 9.10. The minimum Gasteiger partial charge on any atom is -0.304 e. The Labute approximate surface area is 123 Å². The summed E-state index contributed by atoms with van der Waals surface area (Å²) < 4.78 is 1.19. The van der Waals surface area contributed by atoms with Crippen LogP contribution in [0.15, 0.2) is 40.9 Å². The molecule has 1 aliphatic heterocycles. The minimum atomic E-state index is 1.06. The maximum absolute atomic E-state index is 3.64. The summed E-state index contributed by atoms with van der Waals surface area (Å²) in [4.78, 5) is 4.95.